The molecule has 2 aromatic heterocycles. The van der Waals surface area contributed by atoms with Crippen molar-refractivity contribution >= 4 is 16.5 Å². The Kier molecular flexibility index (Phi) is 4.28. The van der Waals surface area contributed by atoms with E-state index in [0.717, 1.165) is 34.5 Å². The third kappa shape index (κ3) is 2.86. The minimum Gasteiger partial charge on any atom is -0.342 e. The molecule has 0 atom stereocenters. The monoisotopic (exact) mass is 262 g/mol. The van der Waals surface area contributed by atoms with Gasteiger partial charge in [0.25, 0.3) is 0 Å². The summed E-state index contributed by atoms with van der Waals surface area (Å²) >= 11 is 1.67. The fraction of sp³-hybridized carbons (Fsp3) is 0.385. The molecule has 0 aliphatic carbocycles. The summed E-state index contributed by atoms with van der Waals surface area (Å²) in [5, 5.41) is 1.03. The maximum atomic E-state index is 5.70. The molecule has 18 heavy (non-hydrogen) atoms. The van der Waals surface area contributed by atoms with Gasteiger partial charge in [-0.25, -0.2) is 4.98 Å². The van der Waals surface area contributed by atoms with Crippen molar-refractivity contribution in [3.63, 3.8) is 0 Å². The molecular weight excluding hydrogens is 244 g/mol. The Bertz CT molecular complexity index is 495. The lowest BCUT2D eigenvalue weighted by Crippen LogP contribution is -2.22. The Morgan fingerprint density at radius 1 is 1.39 bits per heavy atom. The Hall–Kier alpha value is -1.46. The summed E-state index contributed by atoms with van der Waals surface area (Å²) in [6.07, 6.45) is 1.82. The number of aromatic nitrogens is 2. The van der Waals surface area contributed by atoms with Gasteiger partial charge in [-0.1, -0.05) is 6.07 Å². The van der Waals surface area contributed by atoms with Gasteiger partial charge in [-0.2, -0.15) is 0 Å². The summed E-state index contributed by atoms with van der Waals surface area (Å²) < 4.78 is 0. The summed E-state index contributed by atoms with van der Waals surface area (Å²) in [6, 6.07) is 5.97. The quantitative estimate of drug-likeness (QED) is 0.898. The van der Waals surface area contributed by atoms with Crippen molar-refractivity contribution in [3.8, 4) is 0 Å². The van der Waals surface area contributed by atoms with Crippen LogP contribution in [0.15, 0.2) is 24.4 Å². The predicted molar refractivity (Wildman–Crippen MR) is 75.7 cm³/mol. The molecule has 2 aromatic rings. The van der Waals surface area contributed by atoms with Crippen molar-refractivity contribution in [2.75, 3.05) is 11.4 Å². The van der Waals surface area contributed by atoms with Crippen molar-refractivity contribution < 1.29 is 0 Å². The first-order chi connectivity index (χ1) is 8.74. The molecule has 0 aromatic carbocycles. The fourth-order valence-electron chi connectivity index (χ4n) is 1.74. The topological polar surface area (TPSA) is 55.0 Å². The van der Waals surface area contributed by atoms with E-state index in [0.29, 0.717) is 6.54 Å². The first kappa shape index (κ1) is 13.0. The standard InChI is InChI=1S/C13H18N4S/c1-3-17(9-11-6-4-5-7-15-11)13-16-10(2)12(8-14)18-13/h4-7H,3,8-9,14H2,1-2H3. The number of rotatable bonds is 5. The predicted octanol–water partition coefficient (Wildman–Crippen LogP) is 2.33. The van der Waals surface area contributed by atoms with E-state index in [4.69, 9.17) is 5.73 Å². The Morgan fingerprint density at radius 2 is 2.22 bits per heavy atom. The molecule has 0 unspecified atom stereocenters. The van der Waals surface area contributed by atoms with Crippen LogP contribution in [-0.4, -0.2) is 16.5 Å². The number of anilines is 1. The lowest BCUT2D eigenvalue weighted by atomic mass is 10.3. The van der Waals surface area contributed by atoms with Gasteiger partial charge in [0.05, 0.1) is 17.9 Å². The van der Waals surface area contributed by atoms with Crippen LogP contribution in [0.25, 0.3) is 0 Å². The van der Waals surface area contributed by atoms with Gasteiger partial charge >= 0.3 is 0 Å². The third-order valence-corrected chi connectivity index (χ3v) is 4.04. The van der Waals surface area contributed by atoms with E-state index < -0.39 is 0 Å². The van der Waals surface area contributed by atoms with Crippen molar-refractivity contribution in [2.45, 2.75) is 26.9 Å². The van der Waals surface area contributed by atoms with Crippen LogP contribution < -0.4 is 10.6 Å². The number of hydrogen-bond acceptors (Lipinski definition) is 5. The fourth-order valence-corrected chi connectivity index (χ4v) is 2.74. The van der Waals surface area contributed by atoms with Gasteiger partial charge in [-0.3, -0.25) is 4.98 Å². The summed E-state index contributed by atoms with van der Waals surface area (Å²) in [5.41, 5.74) is 7.79. The van der Waals surface area contributed by atoms with Gasteiger partial charge < -0.3 is 10.6 Å². The van der Waals surface area contributed by atoms with Crippen molar-refractivity contribution in [1.82, 2.24) is 9.97 Å². The van der Waals surface area contributed by atoms with E-state index in [-0.39, 0.29) is 0 Å². The largest absolute Gasteiger partial charge is 0.342 e. The van der Waals surface area contributed by atoms with E-state index >= 15 is 0 Å². The molecule has 96 valence electrons. The number of hydrogen-bond donors (Lipinski definition) is 1. The second-order valence-corrected chi connectivity index (χ2v) is 5.11. The number of nitrogens with two attached hydrogens (primary N) is 1. The molecule has 4 nitrogen and oxygen atoms in total. The Labute approximate surface area is 111 Å². The van der Waals surface area contributed by atoms with E-state index in [9.17, 15) is 0 Å². The van der Waals surface area contributed by atoms with Gasteiger partial charge in [0.15, 0.2) is 5.13 Å². The van der Waals surface area contributed by atoms with Crippen molar-refractivity contribution in [2.24, 2.45) is 5.73 Å². The van der Waals surface area contributed by atoms with E-state index in [1.807, 2.05) is 31.3 Å². The first-order valence-electron chi connectivity index (χ1n) is 6.05. The van der Waals surface area contributed by atoms with Crippen molar-refractivity contribution in [3.05, 3.63) is 40.7 Å². The minimum absolute atomic E-state index is 0.560. The number of pyridine rings is 1. The number of aryl methyl sites for hydroxylation is 1. The van der Waals surface area contributed by atoms with Crippen LogP contribution in [0.1, 0.15) is 23.2 Å². The maximum absolute atomic E-state index is 5.70. The first-order valence-corrected chi connectivity index (χ1v) is 6.87. The molecule has 0 saturated heterocycles. The molecule has 2 N–H and O–H groups in total. The van der Waals surface area contributed by atoms with Crippen LogP contribution in [0.5, 0.6) is 0 Å². The van der Waals surface area contributed by atoms with Crippen LogP contribution in [0.2, 0.25) is 0 Å². The summed E-state index contributed by atoms with van der Waals surface area (Å²) in [5.74, 6) is 0. The molecule has 0 radical (unpaired) electrons. The van der Waals surface area contributed by atoms with Gasteiger partial charge in [0.1, 0.15) is 0 Å². The molecule has 0 saturated carbocycles. The molecule has 5 heteroatoms. The maximum Gasteiger partial charge on any atom is 0.186 e. The molecule has 0 fully saturated rings. The Morgan fingerprint density at radius 3 is 2.78 bits per heavy atom. The molecule has 0 amide bonds. The summed E-state index contributed by atoms with van der Waals surface area (Å²) in [4.78, 5) is 12.3. The molecular formula is C13H18N4S. The van der Waals surface area contributed by atoms with E-state index in [1.165, 1.54) is 0 Å². The highest BCUT2D eigenvalue weighted by atomic mass is 32.1. The average Bonchev–Trinajstić information content (AvgIpc) is 2.78. The highest BCUT2D eigenvalue weighted by Crippen LogP contribution is 2.26. The minimum atomic E-state index is 0.560. The van der Waals surface area contributed by atoms with Crippen LogP contribution in [-0.2, 0) is 13.1 Å². The molecule has 0 spiro atoms. The number of nitrogens with zero attached hydrogens (tertiary/aromatic N) is 3. The van der Waals surface area contributed by atoms with Gasteiger partial charge in [0, 0.05) is 24.2 Å². The van der Waals surface area contributed by atoms with Gasteiger partial charge in [-0.05, 0) is 26.0 Å². The van der Waals surface area contributed by atoms with Gasteiger partial charge in [-0.15, -0.1) is 11.3 Å². The molecule has 2 heterocycles. The van der Waals surface area contributed by atoms with E-state index in [1.54, 1.807) is 11.3 Å². The SMILES string of the molecule is CCN(Cc1ccccn1)c1nc(C)c(CN)s1. The average molecular weight is 262 g/mol. The normalized spacial score (nSPS) is 10.6. The second kappa shape index (κ2) is 5.93. The van der Waals surface area contributed by atoms with Crippen LogP contribution in [0, 0.1) is 6.92 Å². The smallest absolute Gasteiger partial charge is 0.186 e. The van der Waals surface area contributed by atoms with Crippen molar-refractivity contribution in [1.29, 1.82) is 0 Å². The summed E-state index contributed by atoms with van der Waals surface area (Å²) in [7, 11) is 0. The van der Waals surface area contributed by atoms with Crippen LogP contribution in [0.3, 0.4) is 0 Å². The van der Waals surface area contributed by atoms with Crippen LogP contribution in [0.4, 0.5) is 5.13 Å². The summed E-state index contributed by atoms with van der Waals surface area (Å²) in [6.45, 7) is 6.39. The zero-order chi connectivity index (χ0) is 13.0. The highest BCUT2D eigenvalue weighted by molar-refractivity contribution is 7.15. The molecule has 2 rings (SSSR count). The Balaban J connectivity index is 2.17. The molecule has 0 bridgehead atoms. The van der Waals surface area contributed by atoms with E-state index in [2.05, 4.69) is 21.8 Å². The second-order valence-electron chi connectivity index (χ2n) is 4.04. The molecule has 0 aliphatic rings. The zero-order valence-corrected chi connectivity index (χ0v) is 11.6. The third-order valence-electron chi connectivity index (χ3n) is 2.80. The lowest BCUT2D eigenvalue weighted by Gasteiger charge is -2.19. The van der Waals surface area contributed by atoms with Crippen LogP contribution >= 0.6 is 11.3 Å². The lowest BCUT2D eigenvalue weighted by molar-refractivity contribution is 0.803. The molecule has 0 aliphatic heterocycles. The highest BCUT2D eigenvalue weighted by Gasteiger charge is 2.12. The number of thiazole rings is 1. The zero-order valence-electron chi connectivity index (χ0n) is 10.8. The van der Waals surface area contributed by atoms with Gasteiger partial charge in [0.2, 0.25) is 0 Å².